The molecule has 156 valence electrons. The molecular formula is C18H26N2O6S2. The minimum absolute atomic E-state index is 0.289. The van der Waals surface area contributed by atoms with Crippen LogP contribution in [0.1, 0.15) is 43.6 Å². The van der Waals surface area contributed by atoms with E-state index in [-0.39, 0.29) is 15.7 Å². The second-order valence-corrected chi connectivity index (χ2v) is 11.2. The Labute approximate surface area is 165 Å². The van der Waals surface area contributed by atoms with Crippen molar-refractivity contribution in [2.24, 2.45) is 5.92 Å². The van der Waals surface area contributed by atoms with Crippen molar-refractivity contribution in [1.29, 1.82) is 0 Å². The smallest absolute Gasteiger partial charge is 0.321 e. The van der Waals surface area contributed by atoms with Crippen LogP contribution < -0.4 is 10.6 Å². The number of nitrogens with one attached hydrogen (secondary N) is 2. The predicted molar refractivity (Wildman–Crippen MR) is 105 cm³/mol. The highest BCUT2D eigenvalue weighted by atomic mass is 32.2. The lowest BCUT2D eigenvalue weighted by atomic mass is 9.87. The van der Waals surface area contributed by atoms with Crippen molar-refractivity contribution in [2.75, 3.05) is 19.6 Å². The molecule has 1 atom stereocenters. The van der Waals surface area contributed by atoms with Gasteiger partial charge in [-0.25, -0.2) is 21.6 Å². The summed E-state index contributed by atoms with van der Waals surface area (Å²) in [5.74, 6) is -1.01. The highest BCUT2D eigenvalue weighted by molar-refractivity contribution is 7.93. The zero-order chi connectivity index (χ0) is 21.1. The highest BCUT2D eigenvalue weighted by Crippen LogP contribution is 2.36. The fraction of sp³-hybridized carbons (Fsp3) is 0.556. The molecule has 0 saturated heterocycles. The number of hydrogen-bond acceptors (Lipinski definition) is 6. The molecule has 0 heterocycles. The van der Waals surface area contributed by atoms with Crippen LogP contribution in [0.3, 0.4) is 0 Å². The molecule has 2 rings (SSSR count). The first-order valence-electron chi connectivity index (χ1n) is 9.00. The Morgan fingerprint density at radius 2 is 1.61 bits per heavy atom. The first kappa shape index (κ1) is 22.4. The summed E-state index contributed by atoms with van der Waals surface area (Å²) in [6, 6.07) is 3.26. The SMILES string of the molecule is CNC(=O)NC(=O)C(CC1CCCC1)c1ccc(S(C)(=O)=O)c(S(C)(=O)=O)c1. The Bertz CT molecular complexity index is 964. The largest absolute Gasteiger partial charge is 0.341 e. The number of benzene rings is 1. The summed E-state index contributed by atoms with van der Waals surface area (Å²) in [6.45, 7) is 0. The molecule has 1 fully saturated rings. The van der Waals surface area contributed by atoms with Gasteiger partial charge < -0.3 is 5.32 Å². The maximum Gasteiger partial charge on any atom is 0.321 e. The molecular weight excluding hydrogens is 404 g/mol. The van der Waals surface area contributed by atoms with Gasteiger partial charge in [-0.05, 0) is 30.0 Å². The van der Waals surface area contributed by atoms with Gasteiger partial charge in [0.15, 0.2) is 19.7 Å². The van der Waals surface area contributed by atoms with E-state index in [4.69, 9.17) is 0 Å². The number of hydrogen-bond donors (Lipinski definition) is 2. The van der Waals surface area contributed by atoms with Crippen molar-refractivity contribution >= 4 is 31.6 Å². The lowest BCUT2D eigenvalue weighted by Gasteiger charge is -2.21. The standard InChI is InChI=1S/C18H26N2O6S2/c1-19-18(22)20-17(21)14(10-12-6-4-5-7-12)13-8-9-15(27(2,23)24)16(11-13)28(3,25)26/h8-9,11-12,14H,4-7,10H2,1-3H3,(H2,19,20,21,22). The van der Waals surface area contributed by atoms with E-state index in [1.54, 1.807) is 0 Å². The molecule has 0 bridgehead atoms. The normalized spacial score (nSPS) is 16.5. The Morgan fingerprint density at radius 3 is 2.11 bits per heavy atom. The van der Waals surface area contributed by atoms with Crippen molar-refractivity contribution < 1.29 is 26.4 Å². The third-order valence-corrected chi connectivity index (χ3v) is 7.41. The van der Waals surface area contributed by atoms with Gasteiger partial charge in [0.2, 0.25) is 5.91 Å². The van der Waals surface area contributed by atoms with Gasteiger partial charge in [0.05, 0.1) is 15.7 Å². The Balaban J connectivity index is 2.52. The van der Waals surface area contributed by atoms with Gasteiger partial charge >= 0.3 is 6.03 Å². The van der Waals surface area contributed by atoms with Gasteiger partial charge in [-0.2, -0.15) is 0 Å². The Hall–Kier alpha value is -1.94. The van der Waals surface area contributed by atoms with E-state index in [2.05, 4.69) is 10.6 Å². The van der Waals surface area contributed by atoms with Crippen LogP contribution in [0.15, 0.2) is 28.0 Å². The zero-order valence-electron chi connectivity index (χ0n) is 16.2. The number of carbonyl (C=O) groups is 2. The molecule has 0 aromatic heterocycles. The first-order valence-corrected chi connectivity index (χ1v) is 12.8. The summed E-state index contributed by atoms with van der Waals surface area (Å²) in [7, 11) is -6.23. The van der Waals surface area contributed by atoms with E-state index < -0.39 is 37.5 Å². The molecule has 1 saturated carbocycles. The average molecular weight is 431 g/mol. The number of sulfone groups is 2. The molecule has 1 aromatic carbocycles. The van der Waals surface area contributed by atoms with E-state index >= 15 is 0 Å². The molecule has 28 heavy (non-hydrogen) atoms. The second-order valence-electron chi connectivity index (χ2n) is 7.26. The van der Waals surface area contributed by atoms with Crippen LogP contribution >= 0.6 is 0 Å². The van der Waals surface area contributed by atoms with Crippen molar-refractivity contribution in [1.82, 2.24) is 10.6 Å². The van der Waals surface area contributed by atoms with Gasteiger partial charge in [0.25, 0.3) is 0 Å². The summed E-state index contributed by atoms with van der Waals surface area (Å²) in [5, 5.41) is 4.56. The number of imide groups is 1. The first-order chi connectivity index (χ1) is 12.9. The van der Waals surface area contributed by atoms with Gasteiger partial charge in [-0.3, -0.25) is 10.1 Å². The third-order valence-electron chi connectivity index (χ3n) is 4.99. The van der Waals surface area contributed by atoms with Gasteiger partial charge in [-0.15, -0.1) is 0 Å². The minimum Gasteiger partial charge on any atom is -0.341 e. The zero-order valence-corrected chi connectivity index (χ0v) is 17.8. The van der Waals surface area contributed by atoms with Gasteiger partial charge in [0.1, 0.15) is 0 Å². The summed E-state index contributed by atoms with van der Waals surface area (Å²) in [6.07, 6.45) is 6.38. The Morgan fingerprint density at radius 1 is 1.04 bits per heavy atom. The van der Waals surface area contributed by atoms with Crippen LogP contribution in [-0.4, -0.2) is 48.3 Å². The molecule has 1 aliphatic rings. The molecule has 1 unspecified atom stereocenters. The third kappa shape index (κ3) is 5.54. The van der Waals surface area contributed by atoms with Crippen LogP contribution in [0.5, 0.6) is 0 Å². The molecule has 2 N–H and O–H groups in total. The summed E-state index contributed by atoms with van der Waals surface area (Å²) in [5.41, 5.74) is 0.376. The number of rotatable bonds is 6. The molecule has 0 spiro atoms. The number of carbonyl (C=O) groups excluding carboxylic acids is 2. The molecule has 1 aliphatic carbocycles. The monoisotopic (exact) mass is 430 g/mol. The van der Waals surface area contributed by atoms with Gasteiger partial charge in [-0.1, -0.05) is 31.7 Å². The van der Waals surface area contributed by atoms with Crippen LogP contribution in [0.25, 0.3) is 0 Å². The minimum atomic E-state index is -3.84. The maximum absolute atomic E-state index is 12.7. The fourth-order valence-corrected chi connectivity index (χ4v) is 6.00. The second kappa shape index (κ2) is 8.60. The summed E-state index contributed by atoms with van der Waals surface area (Å²) >= 11 is 0. The van der Waals surface area contributed by atoms with E-state index in [1.165, 1.54) is 25.2 Å². The Kier molecular flexibility index (Phi) is 6.87. The topological polar surface area (TPSA) is 126 Å². The quantitative estimate of drug-likeness (QED) is 0.706. The highest BCUT2D eigenvalue weighted by Gasteiger charge is 2.30. The van der Waals surface area contributed by atoms with E-state index in [9.17, 15) is 26.4 Å². The van der Waals surface area contributed by atoms with E-state index in [1.807, 2.05) is 0 Å². The van der Waals surface area contributed by atoms with Crippen LogP contribution in [0, 0.1) is 5.92 Å². The van der Waals surface area contributed by atoms with E-state index in [0.29, 0.717) is 12.0 Å². The van der Waals surface area contributed by atoms with E-state index in [0.717, 1.165) is 38.2 Å². The molecule has 8 nitrogen and oxygen atoms in total. The van der Waals surface area contributed by atoms with Crippen LogP contribution in [-0.2, 0) is 24.5 Å². The van der Waals surface area contributed by atoms with Crippen molar-refractivity contribution in [3.8, 4) is 0 Å². The molecule has 0 radical (unpaired) electrons. The fourth-order valence-electron chi connectivity index (χ4n) is 3.57. The summed E-state index contributed by atoms with van der Waals surface area (Å²) in [4.78, 5) is 23.7. The maximum atomic E-state index is 12.7. The van der Waals surface area contributed by atoms with Crippen molar-refractivity contribution in [2.45, 2.75) is 47.8 Å². The lowest BCUT2D eigenvalue weighted by Crippen LogP contribution is -2.40. The van der Waals surface area contributed by atoms with Crippen LogP contribution in [0.4, 0.5) is 4.79 Å². The lowest BCUT2D eigenvalue weighted by molar-refractivity contribution is -0.121. The molecule has 10 heteroatoms. The number of amides is 3. The van der Waals surface area contributed by atoms with Gasteiger partial charge in [0, 0.05) is 19.6 Å². The van der Waals surface area contributed by atoms with Crippen molar-refractivity contribution in [3.05, 3.63) is 23.8 Å². The predicted octanol–water partition coefficient (Wildman–Crippen LogP) is 1.61. The molecule has 3 amide bonds. The number of urea groups is 1. The van der Waals surface area contributed by atoms with Crippen molar-refractivity contribution in [3.63, 3.8) is 0 Å². The molecule has 0 aliphatic heterocycles. The average Bonchev–Trinajstić information content (AvgIpc) is 3.10. The summed E-state index contributed by atoms with van der Waals surface area (Å²) < 4.78 is 48.3. The molecule has 1 aromatic rings. The van der Waals surface area contributed by atoms with Crippen LogP contribution in [0.2, 0.25) is 0 Å².